The van der Waals surface area contributed by atoms with E-state index in [-0.39, 0.29) is 17.2 Å². The zero-order chi connectivity index (χ0) is 23.0. The third-order valence-corrected chi connectivity index (χ3v) is 5.33. The molecule has 0 atom stereocenters. The molecule has 3 N–H and O–H groups in total. The summed E-state index contributed by atoms with van der Waals surface area (Å²) in [4.78, 5) is 24.7. The van der Waals surface area contributed by atoms with E-state index in [1.807, 2.05) is 60.7 Å². The zero-order valence-corrected chi connectivity index (χ0v) is 18.0. The van der Waals surface area contributed by atoms with Crippen molar-refractivity contribution in [1.29, 1.82) is 0 Å². The lowest BCUT2D eigenvalue weighted by Crippen LogP contribution is -2.16. The molecule has 1 amide bonds. The van der Waals surface area contributed by atoms with Crippen LogP contribution in [0.1, 0.15) is 31.8 Å². The summed E-state index contributed by atoms with van der Waals surface area (Å²) in [5.41, 5.74) is 4.61. The summed E-state index contributed by atoms with van der Waals surface area (Å²) in [6.45, 7) is 0. The number of hydrogen-bond acceptors (Lipinski definition) is 3. The molecule has 4 aromatic carbocycles. The number of carbonyl (C=O) groups excluding carboxylic acids is 1. The predicted molar refractivity (Wildman–Crippen MR) is 131 cm³/mol. The van der Waals surface area contributed by atoms with Gasteiger partial charge in [0.1, 0.15) is 0 Å². The van der Waals surface area contributed by atoms with Crippen molar-refractivity contribution in [3.05, 3.63) is 125 Å². The minimum Gasteiger partial charge on any atom is -0.478 e. The van der Waals surface area contributed by atoms with Crippen LogP contribution in [0.25, 0.3) is 0 Å². The number of amides is 1. The van der Waals surface area contributed by atoms with Crippen LogP contribution in [0, 0.1) is 0 Å². The van der Waals surface area contributed by atoms with Gasteiger partial charge in [0, 0.05) is 5.69 Å². The zero-order valence-electron chi connectivity index (χ0n) is 18.0. The van der Waals surface area contributed by atoms with Crippen LogP contribution in [0.2, 0.25) is 0 Å². The highest BCUT2D eigenvalue weighted by atomic mass is 16.4. The van der Waals surface area contributed by atoms with E-state index >= 15 is 0 Å². The SMILES string of the molecule is O=C(O)c1ccccc1NC(=O)c1ccc(CCc2ccccc2)cc1Nc1ccccc1. The number of rotatable bonds is 8. The van der Waals surface area contributed by atoms with Crippen LogP contribution in [0.5, 0.6) is 0 Å². The van der Waals surface area contributed by atoms with Crippen molar-refractivity contribution in [1.82, 2.24) is 0 Å². The average Bonchev–Trinajstić information content (AvgIpc) is 2.84. The van der Waals surface area contributed by atoms with Crippen molar-refractivity contribution in [2.24, 2.45) is 0 Å². The molecule has 5 nitrogen and oxygen atoms in total. The van der Waals surface area contributed by atoms with Gasteiger partial charge in [-0.3, -0.25) is 4.79 Å². The number of nitrogens with one attached hydrogen (secondary N) is 2. The van der Waals surface area contributed by atoms with Gasteiger partial charge in [-0.2, -0.15) is 0 Å². The molecule has 5 heteroatoms. The number of benzene rings is 4. The maximum atomic E-state index is 13.1. The van der Waals surface area contributed by atoms with Crippen molar-refractivity contribution >= 4 is 28.9 Å². The molecule has 164 valence electrons. The monoisotopic (exact) mass is 436 g/mol. The summed E-state index contributed by atoms with van der Waals surface area (Å²) < 4.78 is 0. The highest BCUT2D eigenvalue weighted by Crippen LogP contribution is 2.25. The lowest BCUT2D eigenvalue weighted by molar-refractivity contribution is 0.0698. The van der Waals surface area contributed by atoms with Crippen molar-refractivity contribution in [3.63, 3.8) is 0 Å². The Kier molecular flexibility index (Phi) is 6.81. The van der Waals surface area contributed by atoms with Gasteiger partial charge in [0.15, 0.2) is 0 Å². The predicted octanol–water partition coefficient (Wildman–Crippen LogP) is 6.17. The van der Waals surface area contributed by atoms with Crippen molar-refractivity contribution in [2.75, 3.05) is 10.6 Å². The van der Waals surface area contributed by atoms with E-state index in [2.05, 4.69) is 22.8 Å². The molecule has 0 unspecified atom stereocenters. The first-order valence-electron chi connectivity index (χ1n) is 10.7. The number of anilines is 3. The average molecular weight is 437 g/mol. The summed E-state index contributed by atoms with van der Waals surface area (Å²) in [6, 6.07) is 32.0. The topological polar surface area (TPSA) is 78.4 Å². The largest absolute Gasteiger partial charge is 0.478 e. The fraction of sp³-hybridized carbons (Fsp3) is 0.0714. The number of para-hydroxylation sites is 2. The molecule has 0 heterocycles. The quantitative estimate of drug-likeness (QED) is 0.309. The molecule has 4 rings (SSSR count). The molecule has 0 bridgehead atoms. The second kappa shape index (κ2) is 10.3. The first-order chi connectivity index (χ1) is 16.1. The summed E-state index contributed by atoms with van der Waals surface area (Å²) >= 11 is 0. The molecule has 33 heavy (non-hydrogen) atoms. The standard InChI is InChI=1S/C28H24N2O3/c31-27(30-25-14-8-7-13-24(25)28(32)33)23-18-17-21(16-15-20-9-3-1-4-10-20)19-26(23)29-22-11-5-2-6-12-22/h1-14,17-19,29H,15-16H2,(H,30,31)(H,32,33). The van der Waals surface area contributed by atoms with Crippen LogP contribution in [-0.2, 0) is 12.8 Å². The van der Waals surface area contributed by atoms with Gasteiger partial charge in [0.2, 0.25) is 0 Å². The number of aromatic carboxylic acids is 1. The number of carboxylic acid groups (broad SMARTS) is 1. The smallest absolute Gasteiger partial charge is 0.337 e. The molecular weight excluding hydrogens is 412 g/mol. The molecule has 0 aliphatic carbocycles. The summed E-state index contributed by atoms with van der Waals surface area (Å²) in [6.07, 6.45) is 1.72. The van der Waals surface area contributed by atoms with E-state index < -0.39 is 5.97 Å². The van der Waals surface area contributed by atoms with Crippen LogP contribution in [0.15, 0.2) is 103 Å². The van der Waals surface area contributed by atoms with Crippen LogP contribution in [-0.4, -0.2) is 17.0 Å². The van der Waals surface area contributed by atoms with E-state index in [4.69, 9.17) is 0 Å². The Hall–Kier alpha value is -4.38. The highest BCUT2D eigenvalue weighted by molar-refractivity contribution is 6.10. The Morgan fingerprint density at radius 2 is 1.27 bits per heavy atom. The molecule has 0 spiro atoms. The van der Waals surface area contributed by atoms with Crippen molar-refractivity contribution in [3.8, 4) is 0 Å². The molecule has 0 fully saturated rings. The summed E-state index contributed by atoms with van der Waals surface area (Å²) in [5.74, 6) is -1.47. The van der Waals surface area contributed by atoms with Gasteiger partial charge in [-0.25, -0.2) is 4.79 Å². The van der Waals surface area contributed by atoms with Gasteiger partial charge < -0.3 is 15.7 Å². The van der Waals surface area contributed by atoms with Crippen LogP contribution in [0.4, 0.5) is 17.1 Å². The Labute approximate surface area is 192 Å². The molecule has 4 aromatic rings. The molecular formula is C28H24N2O3. The van der Waals surface area contributed by atoms with E-state index in [1.54, 1.807) is 24.3 Å². The molecule has 0 aromatic heterocycles. The van der Waals surface area contributed by atoms with Gasteiger partial charge in [-0.15, -0.1) is 0 Å². The number of hydrogen-bond donors (Lipinski definition) is 3. The number of carbonyl (C=O) groups is 2. The van der Waals surface area contributed by atoms with Gasteiger partial charge in [0.25, 0.3) is 5.91 Å². The first-order valence-corrected chi connectivity index (χ1v) is 10.7. The Bertz CT molecular complexity index is 1250. The lowest BCUT2D eigenvalue weighted by atomic mass is 10.0. The molecule has 0 aliphatic heterocycles. The third kappa shape index (κ3) is 5.66. The first kappa shape index (κ1) is 21.8. The molecule has 0 radical (unpaired) electrons. The Morgan fingerprint density at radius 3 is 2.00 bits per heavy atom. The minimum absolute atomic E-state index is 0.0444. The van der Waals surface area contributed by atoms with Gasteiger partial charge in [0.05, 0.1) is 22.5 Å². The minimum atomic E-state index is -1.09. The maximum Gasteiger partial charge on any atom is 0.337 e. The normalized spacial score (nSPS) is 10.4. The van der Waals surface area contributed by atoms with E-state index in [9.17, 15) is 14.7 Å². The van der Waals surface area contributed by atoms with Crippen LogP contribution >= 0.6 is 0 Å². The number of carboxylic acids is 1. The Morgan fingerprint density at radius 1 is 0.636 bits per heavy atom. The molecule has 0 saturated carbocycles. The van der Waals surface area contributed by atoms with E-state index in [1.165, 1.54) is 11.6 Å². The van der Waals surface area contributed by atoms with Gasteiger partial charge >= 0.3 is 5.97 Å². The fourth-order valence-corrected chi connectivity index (χ4v) is 3.63. The second-order valence-corrected chi connectivity index (χ2v) is 7.66. The molecule has 0 saturated heterocycles. The summed E-state index contributed by atoms with van der Waals surface area (Å²) in [5, 5.41) is 15.5. The van der Waals surface area contributed by atoms with Gasteiger partial charge in [-0.1, -0.05) is 66.7 Å². The maximum absolute atomic E-state index is 13.1. The number of aryl methyl sites for hydroxylation is 2. The van der Waals surface area contributed by atoms with Crippen LogP contribution < -0.4 is 10.6 Å². The van der Waals surface area contributed by atoms with E-state index in [0.717, 1.165) is 24.1 Å². The second-order valence-electron chi connectivity index (χ2n) is 7.66. The van der Waals surface area contributed by atoms with E-state index in [0.29, 0.717) is 11.3 Å². The summed E-state index contributed by atoms with van der Waals surface area (Å²) in [7, 11) is 0. The molecule has 0 aliphatic rings. The third-order valence-electron chi connectivity index (χ3n) is 5.33. The van der Waals surface area contributed by atoms with Gasteiger partial charge in [-0.05, 0) is 60.4 Å². The lowest BCUT2D eigenvalue weighted by Gasteiger charge is -2.15. The highest BCUT2D eigenvalue weighted by Gasteiger charge is 2.16. The fourth-order valence-electron chi connectivity index (χ4n) is 3.63. The Balaban J connectivity index is 1.61. The van der Waals surface area contributed by atoms with Crippen molar-refractivity contribution < 1.29 is 14.7 Å². The van der Waals surface area contributed by atoms with Crippen LogP contribution in [0.3, 0.4) is 0 Å². The van der Waals surface area contributed by atoms with Crippen molar-refractivity contribution in [2.45, 2.75) is 12.8 Å².